The maximum absolute atomic E-state index is 13.3. The summed E-state index contributed by atoms with van der Waals surface area (Å²) in [7, 11) is 0. The van der Waals surface area contributed by atoms with E-state index in [0.29, 0.717) is 44.1 Å². The number of hydrogen-bond donors (Lipinski definition) is 4. The molecule has 1 aromatic carbocycles. The van der Waals surface area contributed by atoms with Crippen LogP contribution in [0.25, 0.3) is 0 Å². The van der Waals surface area contributed by atoms with Gasteiger partial charge in [0.05, 0.1) is 18.3 Å². The molecule has 1 saturated carbocycles. The van der Waals surface area contributed by atoms with E-state index < -0.39 is 35.9 Å². The van der Waals surface area contributed by atoms with Gasteiger partial charge in [-0.1, -0.05) is 25.3 Å². The van der Waals surface area contributed by atoms with Crippen LogP contribution in [0, 0.1) is 23.5 Å². The number of carboxylic acids is 1. The van der Waals surface area contributed by atoms with E-state index in [4.69, 9.17) is 5.11 Å². The normalized spacial score (nSPS) is 24.8. The van der Waals surface area contributed by atoms with Gasteiger partial charge in [0.2, 0.25) is 0 Å². The quantitative estimate of drug-likeness (QED) is 0.358. The Kier molecular flexibility index (Phi) is 10.1. The SMILES string of the molecule is O=C(O)CCCCCC[C@@H]1[C@@H](CCC(O)CCc2ccc(F)c(F)c2)[C@H](O)C[C@@H]1O. The van der Waals surface area contributed by atoms with Gasteiger partial charge in [-0.25, -0.2) is 8.78 Å². The molecule has 0 amide bonds. The molecule has 4 N–H and O–H groups in total. The fourth-order valence-electron chi connectivity index (χ4n) is 4.55. The van der Waals surface area contributed by atoms with Crippen LogP contribution in [-0.2, 0) is 11.2 Å². The zero-order chi connectivity index (χ0) is 22.1. The third-order valence-corrected chi connectivity index (χ3v) is 6.28. The number of benzene rings is 1. The largest absolute Gasteiger partial charge is 0.481 e. The van der Waals surface area contributed by atoms with Crippen LogP contribution >= 0.6 is 0 Å². The van der Waals surface area contributed by atoms with E-state index in [0.717, 1.165) is 37.8 Å². The second-order valence-electron chi connectivity index (χ2n) is 8.56. The number of aliphatic hydroxyl groups excluding tert-OH is 3. The highest BCUT2D eigenvalue weighted by Crippen LogP contribution is 2.39. The van der Waals surface area contributed by atoms with Crippen molar-refractivity contribution in [2.45, 2.75) is 88.9 Å². The highest BCUT2D eigenvalue weighted by Gasteiger charge is 2.40. The summed E-state index contributed by atoms with van der Waals surface area (Å²) in [6, 6.07) is 3.74. The molecule has 1 fully saturated rings. The third-order valence-electron chi connectivity index (χ3n) is 6.28. The topological polar surface area (TPSA) is 98.0 Å². The van der Waals surface area contributed by atoms with Gasteiger partial charge < -0.3 is 20.4 Å². The van der Waals surface area contributed by atoms with Crippen LogP contribution in [0.15, 0.2) is 18.2 Å². The molecular weight excluding hydrogens is 394 g/mol. The molecular formula is C23H34F2O5. The zero-order valence-electron chi connectivity index (χ0n) is 17.4. The number of carbonyl (C=O) groups is 1. The Hall–Kier alpha value is -1.57. The Bertz CT molecular complexity index is 669. The van der Waals surface area contributed by atoms with Crippen LogP contribution in [0.5, 0.6) is 0 Å². The molecule has 0 bridgehead atoms. The van der Waals surface area contributed by atoms with Crippen molar-refractivity contribution in [3.63, 3.8) is 0 Å². The summed E-state index contributed by atoms with van der Waals surface area (Å²) in [5, 5.41) is 39.6. The Morgan fingerprint density at radius 1 is 0.967 bits per heavy atom. The van der Waals surface area contributed by atoms with Crippen molar-refractivity contribution in [3.8, 4) is 0 Å². The van der Waals surface area contributed by atoms with Gasteiger partial charge in [-0.05, 0) is 74.5 Å². The molecule has 5 atom stereocenters. The summed E-state index contributed by atoms with van der Waals surface area (Å²) in [6.45, 7) is 0. The molecule has 1 aromatic rings. The van der Waals surface area contributed by atoms with Gasteiger partial charge in [0.15, 0.2) is 11.6 Å². The lowest BCUT2D eigenvalue weighted by Crippen LogP contribution is -2.24. The summed E-state index contributed by atoms with van der Waals surface area (Å²) >= 11 is 0. The molecule has 170 valence electrons. The predicted octanol–water partition coefficient (Wildman–Crippen LogP) is 3.82. The van der Waals surface area contributed by atoms with Gasteiger partial charge >= 0.3 is 5.97 Å². The maximum Gasteiger partial charge on any atom is 0.303 e. The molecule has 30 heavy (non-hydrogen) atoms. The minimum atomic E-state index is -0.893. The lowest BCUT2D eigenvalue weighted by molar-refractivity contribution is -0.137. The number of carboxylic acid groups (broad SMARTS) is 1. The minimum Gasteiger partial charge on any atom is -0.481 e. The van der Waals surface area contributed by atoms with Gasteiger partial charge in [-0.3, -0.25) is 4.79 Å². The monoisotopic (exact) mass is 428 g/mol. The standard InChI is InChI=1S/C23H34F2O5/c24-19-12-8-15(13-20(19)25)7-9-16(26)10-11-18-17(21(27)14-22(18)28)5-3-1-2-4-6-23(29)30/h8,12-13,16-18,21-22,26-28H,1-7,9-11,14H2,(H,29,30)/t16?,17-,18-,21+,22-/m1/s1. The van der Waals surface area contributed by atoms with Gasteiger partial charge in [0.1, 0.15) is 0 Å². The number of unbranched alkanes of at least 4 members (excludes halogenated alkanes) is 3. The number of rotatable bonds is 13. The van der Waals surface area contributed by atoms with E-state index in [2.05, 4.69) is 0 Å². The van der Waals surface area contributed by atoms with E-state index in [1.807, 2.05) is 0 Å². The van der Waals surface area contributed by atoms with Crippen molar-refractivity contribution in [2.24, 2.45) is 11.8 Å². The first kappa shape index (κ1) is 24.7. The summed E-state index contributed by atoms with van der Waals surface area (Å²) < 4.78 is 26.3. The molecule has 0 spiro atoms. The first-order chi connectivity index (χ1) is 14.3. The van der Waals surface area contributed by atoms with Crippen LogP contribution in [0.2, 0.25) is 0 Å². The smallest absolute Gasteiger partial charge is 0.303 e. The Morgan fingerprint density at radius 2 is 1.63 bits per heavy atom. The molecule has 7 heteroatoms. The second-order valence-corrected chi connectivity index (χ2v) is 8.56. The van der Waals surface area contributed by atoms with Crippen LogP contribution in [0.1, 0.15) is 69.8 Å². The van der Waals surface area contributed by atoms with Gasteiger partial charge in [-0.15, -0.1) is 0 Å². The number of hydrogen-bond acceptors (Lipinski definition) is 4. The van der Waals surface area contributed by atoms with Crippen molar-refractivity contribution >= 4 is 5.97 Å². The molecule has 0 radical (unpaired) electrons. The lowest BCUT2D eigenvalue weighted by atomic mass is 9.84. The highest BCUT2D eigenvalue weighted by atomic mass is 19.2. The fraction of sp³-hybridized carbons (Fsp3) is 0.696. The van der Waals surface area contributed by atoms with Crippen molar-refractivity contribution in [1.29, 1.82) is 0 Å². The molecule has 0 heterocycles. The number of aliphatic hydroxyl groups is 3. The molecule has 0 aromatic heterocycles. The average molecular weight is 429 g/mol. The van der Waals surface area contributed by atoms with E-state index in [1.54, 1.807) is 0 Å². The van der Waals surface area contributed by atoms with Crippen molar-refractivity contribution in [1.82, 2.24) is 0 Å². The van der Waals surface area contributed by atoms with E-state index in [1.165, 1.54) is 6.07 Å². The lowest BCUT2D eigenvalue weighted by Gasteiger charge is -2.24. The molecule has 1 aliphatic rings. The van der Waals surface area contributed by atoms with Crippen molar-refractivity contribution in [3.05, 3.63) is 35.4 Å². The van der Waals surface area contributed by atoms with Crippen LogP contribution < -0.4 is 0 Å². The zero-order valence-corrected chi connectivity index (χ0v) is 17.4. The maximum atomic E-state index is 13.3. The minimum absolute atomic E-state index is 0.0159. The summed E-state index contributed by atoms with van der Waals surface area (Å²) in [6.07, 6.45) is 4.75. The number of aryl methyl sites for hydroxylation is 1. The van der Waals surface area contributed by atoms with Crippen LogP contribution in [0.3, 0.4) is 0 Å². The molecule has 0 saturated heterocycles. The van der Waals surface area contributed by atoms with Crippen LogP contribution in [0.4, 0.5) is 8.78 Å². The third kappa shape index (κ3) is 7.93. The molecule has 1 aliphatic carbocycles. The van der Waals surface area contributed by atoms with Gasteiger partial charge in [-0.2, -0.15) is 0 Å². The first-order valence-electron chi connectivity index (χ1n) is 11.0. The summed E-state index contributed by atoms with van der Waals surface area (Å²) in [5.74, 6) is -2.65. The fourth-order valence-corrected chi connectivity index (χ4v) is 4.55. The second kappa shape index (κ2) is 12.3. The van der Waals surface area contributed by atoms with Crippen molar-refractivity contribution < 1.29 is 34.0 Å². The Labute approximate surface area is 176 Å². The van der Waals surface area contributed by atoms with Crippen LogP contribution in [-0.4, -0.2) is 44.7 Å². The average Bonchev–Trinajstić information content (AvgIpc) is 2.96. The Balaban J connectivity index is 1.72. The van der Waals surface area contributed by atoms with Gasteiger partial charge in [0, 0.05) is 6.42 Å². The molecule has 5 nitrogen and oxygen atoms in total. The van der Waals surface area contributed by atoms with E-state index >= 15 is 0 Å². The summed E-state index contributed by atoms with van der Waals surface area (Å²) in [5.41, 5.74) is 0.630. The predicted molar refractivity (Wildman–Crippen MR) is 109 cm³/mol. The van der Waals surface area contributed by atoms with Gasteiger partial charge in [0.25, 0.3) is 0 Å². The molecule has 0 aliphatic heterocycles. The summed E-state index contributed by atoms with van der Waals surface area (Å²) in [4.78, 5) is 10.5. The molecule has 1 unspecified atom stereocenters. The van der Waals surface area contributed by atoms with E-state index in [-0.39, 0.29) is 18.3 Å². The first-order valence-corrected chi connectivity index (χ1v) is 11.0. The highest BCUT2D eigenvalue weighted by molar-refractivity contribution is 5.66. The number of halogens is 2. The van der Waals surface area contributed by atoms with Crippen molar-refractivity contribution in [2.75, 3.05) is 0 Å². The number of aliphatic carboxylic acids is 1. The van der Waals surface area contributed by atoms with E-state index in [9.17, 15) is 28.9 Å². The Morgan fingerprint density at radius 3 is 2.30 bits per heavy atom. The molecule has 2 rings (SSSR count).